The molecule has 1 fully saturated rings. The van der Waals surface area contributed by atoms with Gasteiger partial charge >= 0.3 is 0 Å². The third kappa shape index (κ3) is 3.88. The van der Waals surface area contributed by atoms with Gasteiger partial charge in [0.1, 0.15) is 6.10 Å². The first kappa shape index (κ1) is 15.9. The molecule has 1 unspecified atom stereocenters. The molecule has 2 aromatic rings. The van der Waals surface area contributed by atoms with E-state index in [1.165, 1.54) is 6.20 Å². The van der Waals surface area contributed by atoms with Crippen molar-refractivity contribution in [1.29, 1.82) is 0 Å². The zero-order valence-electron chi connectivity index (χ0n) is 12.9. The fourth-order valence-corrected chi connectivity index (χ4v) is 2.28. The number of nitrogens with zero attached hydrogens (tertiary/aromatic N) is 1. The standard InChI is InChI=1S/C17H17N3O4/c18-16(21)11-1-4-13(5-2-11)20-17(22)12-3-6-15(19-9-12)24-14-7-8-23-10-14/h1-6,9,14H,7-8,10H2,(H2,18,21)(H,20,22). The van der Waals surface area contributed by atoms with Crippen LogP contribution in [0, 0.1) is 0 Å². The van der Waals surface area contributed by atoms with Crippen molar-refractivity contribution < 1.29 is 19.1 Å². The maximum Gasteiger partial charge on any atom is 0.257 e. The minimum atomic E-state index is -0.514. The Morgan fingerprint density at radius 2 is 1.92 bits per heavy atom. The Labute approximate surface area is 138 Å². The van der Waals surface area contributed by atoms with Crippen LogP contribution in [0.2, 0.25) is 0 Å². The van der Waals surface area contributed by atoms with Crippen molar-refractivity contribution in [1.82, 2.24) is 4.98 Å². The molecule has 1 aromatic heterocycles. The third-order valence-corrected chi connectivity index (χ3v) is 3.60. The third-order valence-electron chi connectivity index (χ3n) is 3.60. The van der Waals surface area contributed by atoms with Crippen molar-refractivity contribution in [2.45, 2.75) is 12.5 Å². The Balaban J connectivity index is 1.60. The molecule has 1 atom stereocenters. The van der Waals surface area contributed by atoms with Crippen LogP contribution in [0.5, 0.6) is 5.88 Å². The number of anilines is 1. The number of nitrogens with one attached hydrogen (secondary N) is 1. The second kappa shape index (κ2) is 7.10. The van der Waals surface area contributed by atoms with Crippen LogP contribution in [0.15, 0.2) is 42.6 Å². The highest BCUT2D eigenvalue weighted by atomic mass is 16.5. The maximum atomic E-state index is 12.2. The predicted octanol–water partition coefficient (Wildman–Crippen LogP) is 1.60. The lowest BCUT2D eigenvalue weighted by Gasteiger charge is -2.11. The molecule has 24 heavy (non-hydrogen) atoms. The smallest absolute Gasteiger partial charge is 0.257 e. The molecule has 7 nitrogen and oxygen atoms in total. The van der Waals surface area contributed by atoms with Gasteiger partial charge in [-0.3, -0.25) is 9.59 Å². The van der Waals surface area contributed by atoms with Crippen molar-refractivity contribution in [3.05, 3.63) is 53.7 Å². The average Bonchev–Trinajstić information content (AvgIpc) is 3.09. The number of nitrogens with two attached hydrogens (primary N) is 1. The van der Waals surface area contributed by atoms with Crippen molar-refractivity contribution in [3.63, 3.8) is 0 Å². The van der Waals surface area contributed by atoms with Crippen LogP contribution in [0.3, 0.4) is 0 Å². The van der Waals surface area contributed by atoms with E-state index in [9.17, 15) is 9.59 Å². The number of pyridine rings is 1. The van der Waals surface area contributed by atoms with Gasteiger partial charge in [0.15, 0.2) is 0 Å². The molecular weight excluding hydrogens is 310 g/mol. The van der Waals surface area contributed by atoms with Crippen molar-refractivity contribution >= 4 is 17.5 Å². The molecule has 1 aliphatic heterocycles. The van der Waals surface area contributed by atoms with Crippen LogP contribution in [-0.4, -0.2) is 36.1 Å². The number of carbonyl (C=O) groups is 2. The number of aromatic nitrogens is 1. The fraction of sp³-hybridized carbons (Fsp3) is 0.235. The highest BCUT2D eigenvalue weighted by Gasteiger charge is 2.17. The molecule has 2 amide bonds. The number of amides is 2. The maximum absolute atomic E-state index is 12.2. The Morgan fingerprint density at radius 3 is 2.50 bits per heavy atom. The van der Waals surface area contributed by atoms with Gasteiger partial charge in [-0.2, -0.15) is 0 Å². The summed E-state index contributed by atoms with van der Waals surface area (Å²) in [5.41, 5.74) is 6.53. The number of ether oxygens (including phenoxy) is 2. The van der Waals surface area contributed by atoms with E-state index < -0.39 is 5.91 Å². The summed E-state index contributed by atoms with van der Waals surface area (Å²) in [6.45, 7) is 1.25. The number of primary amides is 1. The van der Waals surface area contributed by atoms with Crippen LogP contribution in [0.4, 0.5) is 5.69 Å². The molecule has 0 saturated carbocycles. The lowest BCUT2D eigenvalue weighted by molar-refractivity contribution is 0.0998. The van der Waals surface area contributed by atoms with Crippen LogP contribution < -0.4 is 15.8 Å². The second-order valence-electron chi connectivity index (χ2n) is 5.38. The molecule has 1 aromatic carbocycles. The summed E-state index contributed by atoms with van der Waals surface area (Å²) < 4.78 is 10.9. The number of benzene rings is 1. The first-order chi connectivity index (χ1) is 11.6. The van der Waals surface area contributed by atoms with Crippen molar-refractivity contribution in [3.8, 4) is 5.88 Å². The summed E-state index contributed by atoms with van der Waals surface area (Å²) in [5, 5.41) is 2.73. The van der Waals surface area contributed by atoms with Gasteiger partial charge in [-0.05, 0) is 30.3 Å². The quantitative estimate of drug-likeness (QED) is 0.868. The van der Waals surface area contributed by atoms with Gasteiger partial charge in [0, 0.05) is 29.9 Å². The number of rotatable bonds is 5. The van der Waals surface area contributed by atoms with E-state index in [1.807, 2.05) is 0 Å². The molecule has 3 N–H and O–H groups in total. The highest BCUT2D eigenvalue weighted by molar-refractivity contribution is 6.04. The molecular formula is C17H17N3O4. The summed E-state index contributed by atoms with van der Waals surface area (Å²) in [7, 11) is 0. The van der Waals surface area contributed by atoms with Crippen LogP contribution in [0.1, 0.15) is 27.1 Å². The SMILES string of the molecule is NC(=O)c1ccc(NC(=O)c2ccc(OC3CCOC3)nc2)cc1. The lowest BCUT2D eigenvalue weighted by Crippen LogP contribution is -2.17. The molecule has 7 heteroatoms. The summed E-state index contributed by atoms with van der Waals surface area (Å²) in [6, 6.07) is 9.63. The lowest BCUT2D eigenvalue weighted by atomic mass is 10.2. The van der Waals surface area contributed by atoms with E-state index in [0.717, 1.165) is 6.42 Å². The molecule has 2 heterocycles. The van der Waals surface area contributed by atoms with Gasteiger partial charge in [-0.25, -0.2) is 4.98 Å². The van der Waals surface area contributed by atoms with Gasteiger partial charge in [-0.1, -0.05) is 0 Å². The first-order valence-corrected chi connectivity index (χ1v) is 7.53. The normalized spacial score (nSPS) is 16.6. The minimum absolute atomic E-state index is 0.0148. The number of carbonyl (C=O) groups excluding carboxylic acids is 2. The molecule has 3 rings (SSSR count). The van der Waals surface area contributed by atoms with E-state index in [4.69, 9.17) is 15.2 Å². The van der Waals surface area contributed by atoms with Gasteiger partial charge < -0.3 is 20.5 Å². The van der Waals surface area contributed by atoms with Crippen molar-refractivity contribution in [2.75, 3.05) is 18.5 Å². The van der Waals surface area contributed by atoms with E-state index in [2.05, 4.69) is 10.3 Å². The summed E-state index contributed by atoms with van der Waals surface area (Å²) in [5.74, 6) is -0.349. The zero-order valence-corrected chi connectivity index (χ0v) is 12.9. The molecule has 0 spiro atoms. The zero-order chi connectivity index (χ0) is 16.9. The second-order valence-corrected chi connectivity index (χ2v) is 5.38. The Kier molecular flexibility index (Phi) is 4.72. The van der Waals surface area contributed by atoms with Gasteiger partial charge in [-0.15, -0.1) is 0 Å². The molecule has 0 aliphatic carbocycles. The summed E-state index contributed by atoms with van der Waals surface area (Å²) >= 11 is 0. The molecule has 1 aliphatic rings. The minimum Gasteiger partial charge on any atom is -0.472 e. The number of hydrogen-bond acceptors (Lipinski definition) is 5. The van der Waals surface area contributed by atoms with E-state index in [0.29, 0.717) is 35.9 Å². The average molecular weight is 327 g/mol. The number of hydrogen-bond donors (Lipinski definition) is 2. The topological polar surface area (TPSA) is 104 Å². The van der Waals surface area contributed by atoms with Crippen molar-refractivity contribution in [2.24, 2.45) is 5.73 Å². The van der Waals surface area contributed by atoms with E-state index in [1.54, 1.807) is 36.4 Å². The van der Waals surface area contributed by atoms with Crippen LogP contribution in [-0.2, 0) is 4.74 Å². The largest absolute Gasteiger partial charge is 0.472 e. The monoisotopic (exact) mass is 327 g/mol. The molecule has 124 valence electrons. The highest BCUT2D eigenvalue weighted by Crippen LogP contribution is 2.16. The fourth-order valence-electron chi connectivity index (χ4n) is 2.28. The van der Waals surface area contributed by atoms with Gasteiger partial charge in [0.2, 0.25) is 11.8 Å². The van der Waals surface area contributed by atoms with Crippen LogP contribution >= 0.6 is 0 Å². The molecule has 1 saturated heterocycles. The van der Waals surface area contributed by atoms with E-state index >= 15 is 0 Å². The Morgan fingerprint density at radius 1 is 1.17 bits per heavy atom. The summed E-state index contributed by atoms with van der Waals surface area (Å²) in [6.07, 6.45) is 2.31. The Bertz CT molecular complexity index is 723. The molecule has 0 bridgehead atoms. The first-order valence-electron chi connectivity index (χ1n) is 7.53. The predicted molar refractivity (Wildman–Crippen MR) is 87.0 cm³/mol. The van der Waals surface area contributed by atoms with Gasteiger partial charge in [0.05, 0.1) is 18.8 Å². The molecule has 0 radical (unpaired) electrons. The Hall–Kier alpha value is -2.93. The van der Waals surface area contributed by atoms with Crippen LogP contribution in [0.25, 0.3) is 0 Å². The summed E-state index contributed by atoms with van der Waals surface area (Å²) in [4.78, 5) is 27.3. The van der Waals surface area contributed by atoms with E-state index in [-0.39, 0.29) is 12.0 Å². The van der Waals surface area contributed by atoms with Gasteiger partial charge in [0.25, 0.3) is 5.91 Å².